The number of rotatable bonds is 6. The molecule has 1 aromatic carbocycles. The molecule has 2 heterocycles. The lowest BCUT2D eigenvalue weighted by Gasteiger charge is -2.15. The van der Waals surface area contributed by atoms with Gasteiger partial charge in [0, 0.05) is 23.6 Å². The van der Waals surface area contributed by atoms with Crippen molar-refractivity contribution in [2.45, 2.75) is 37.8 Å². The molecular formula is C21H19ClF3N3O. The molecule has 0 N–H and O–H groups in total. The summed E-state index contributed by atoms with van der Waals surface area (Å²) in [7, 11) is 0. The number of nitrogens with zero attached hydrogens (tertiary/aromatic N) is 3. The van der Waals surface area contributed by atoms with E-state index in [0.717, 1.165) is 24.8 Å². The van der Waals surface area contributed by atoms with Crippen molar-refractivity contribution in [2.24, 2.45) is 11.8 Å². The minimum absolute atomic E-state index is 0.183. The molecule has 2 aliphatic rings. The fraction of sp³-hybridized carbons (Fsp3) is 0.429. The second kappa shape index (κ2) is 6.90. The van der Waals surface area contributed by atoms with Crippen LogP contribution in [-0.4, -0.2) is 21.2 Å². The van der Waals surface area contributed by atoms with Gasteiger partial charge in [0.25, 0.3) is 0 Å². The van der Waals surface area contributed by atoms with Gasteiger partial charge >= 0.3 is 6.18 Å². The highest BCUT2D eigenvalue weighted by molar-refractivity contribution is 6.30. The minimum Gasteiger partial charge on any atom is -0.492 e. The fourth-order valence-corrected chi connectivity index (χ4v) is 3.97. The highest BCUT2D eigenvalue weighted by atomic mass is 35.5. The van der Waals surface area contributed by atoms with Crippen LogP contribution in [0.3, 0.4) is 0 Å². The van der Waals surface area contributed by atoms with Crippen molar-refractivity contribution in [3.8, 4) is 5.75 Å². The topological polar surface area (TPSA) is 39.4 Å². The first kappa shape index (κ1) is 18.7. The predicted molar refractivity (Wildman–Crippen MR) is 102 cm³/mol. The Bertz CT molecular complexity index is 1040. The Morgan fingerprint density at radius 2 is 1.86 bits per heavy atom. The zero-order chi connectivity index (χ0) is 20.2. The van der Waals surface area contributed by atoms with Crippen molar-refractivity contribution < 1.29 is 17.9 Å². The molecule has 0 bridgehead atoms. The molecule has 2 atom stereocenters. The second-order valence-electron chi connectivity index (χ2n) is 7.97. The number of pyridine rings is 1. The summed E-state index contributed by atoms with van der Waals surface area (Å²) in [4.78, 5) is 0. The van der Waals surface area contributed by atoms with Gasteiger partial charge < -0.3 is 4.74 Å². The summed E-state index contributed by atoms with van der Waals surface area (Å²) in [6, 6.07) is 8.95. The quantitative estimate of drug-likeness (QED) is 0.525. The zero-order valence-electron chi connectivity index (χ0n) is 15.5. The Hall–Kier alpha value is -2.28. The van der Waals surface area contributed by atoms with Gasteiger partial charge in [-0.25, -0.2) is 0 Å². The van der Waals surface area contributed by atoms with E-state index in [2.05, 4.69) is 10.2 Å². The molecular weight excluding hydrogens is 403 g/mol. The number of ether oxygens (including phenoxy) is 1. The van der Waals surface area contributed by atoms with E-state index in [-0.39, 0.29) is 23.9 Å². The van der Waals surface area contributed by atoms with Crippen molar-refractivity contribution in [2.75, 3.05) is 6.61 Å². The average molecular weight is 422 g/mol. The molecule has 0 amide bonds. The summed E-state index contributed by atoms with van der Waals surface area (Å²) >= 11 is 5.91. The molecule has 2 aromatic heterocycles. The van der Waals surface area contributed by atoms with Crippen LogP contribution in [-0.2, 0) is 12.6 Å². The van der Waals surface area contributed by atoms with Gasteiger partial charge in [0.15, 0.2) is 5.65 Å². The Morgan fingerprint density at radius 3 is 2.55 bits per heavy atom. The number of fused-ring (bicyclic) bond motifs is 1. The van der Waals surface area contributed by atoms with Gasteiger partial charge in [0.1, 0.15) is 17.1 Å². The number of benzene rings is 1. The van der Waals surface area contributed by atoms with Crippen LogP contribution in [0.5, 0.6) is 5.75 Å². The maximum absolute atomic E-state index is 13.8. The number of aromatic nitrogens is 3. The van der Waals surface area contributed by atoms with Gasteiger partial charge in [-0.1, -0.05) is 23.7 Å². The third-order valence-corrected chi connectivity index (χ3v) is 5.99. The summed E-state index contributed by atoms with van der Waals surface area (Å²) < 4.78 is 48.5. The number of hydrogen-bond acceptors (Lipinski definition) is 3. The molecule has 3 aromatic rings. The third kappa shape index (κ3) is 3.80. The van der Waals surface area contributed by atoms with Gasteiger partial charge in [-0.15, -0.1) is 10.2 Å². The summed E-state index contributed by atoms with van der Waals surface area (Å²) in [6.07, 6.45) is 0.754. The first-order valence-corrected chi connectivity index (χ1v) is 10.1. The maximum atomic E-state index is 13.8. The van der Waals surface area contributed by atoms with Crippen molar-refractivity contribution in [3.63, 3.8) is 0 Å². The molecule has 2 aliphatic carbocycles. The monoisotopic (exact) mass is 421 g/mol. The Balaban J connectivity index is 1.36. The van der Waals surface area contributed by atoms with Crippen LogP contribution in [0.2, 0.25) is 5.02 Å². The average Bonchev–Trinajstić information content (AvgIpc) is 3.59. The fourth-order valence-electron chi connectivity index (χ4n) is 3.84. The summed E-state index contributed by atoms with van der Waals surface area (Å²) in [5.41, 5.74) is 0.102. The molecule has 0 aliphatic heterocycles. The highest BCUT2D eigenvalue weighted by Gasteiger charge is 2.41. The predicted octanol–water partition coefficient (Wildman–Crippen LogP) is 5.54. The van der Waals surface area contributed by atoms with Crippen LogP contribution in [0.25, 0.3) is 5.65 Å². The Labute approximate surface area is 170 Å². The SMILES string of the molecule is FC(F)(F)c1c(OCC2CC2c2ccc(Cl)cc2)ccn2c(CC3CC3)nnc12. The summed E-state index contributed by atoms with van der Waals surface area (Å²) in [5, 5.41) is 8.51. The molecule has 2 fully saturated rings. The summed E-state index contributed by atoms with van der Waals surface area (Å²) in [6.45, 7) is 0.232. The first-order valence-electron chi connectivity index (χ1n) is 9.72. The van der Waals surface area contributed by atoms with E-state index >= 15 is 0 Å². The van der Waals surface area contributed by atoms with E-state index in [0.29, 0.717) is 29.1 Å². The van der Waals surface area contributed by atoms with E-state index in [1.807, 2.05) is 24.3 Å². The van der Waals surface area contributed by atoms with E-state index in [1.165, 1.54) is 10.5 Å². The normalized spacial score (nSPS) is 21.5. The van der Waals surface area contributed by atoms with E-state index in [9.17, 15) is 13.2 Å². The van der Waals surface area contributed by atoms with E-state index < -0.39 is 11.7 Å². The van der Waals surface area contributed by atoms with Crippen molar-refractivity contribution >= 4 is 17.2 Å². The molecule has 4 nitrogen and oxygen atoms in total. The van der Waals surface area contributed by atoms with Crippen LogP contribution in [0, 0.1) is 11.8 Å². The number of hydrogen-bond donors (Lipinski definition) is 0. The van der Waals surface area contributed by atoms with E-state index in [4.69, 9.17) is 16.3 Å². The minimum atomic E-state index is -4.57. The Kier molecular flexibility index (Phi) is 4.46. The summed E-state index contributed by atoms with van der Waals surface area (Å²) in [5.74, 6) is 1.38. The van der Waals surface area contributed by atoms with Gasteiger partial charge in [0.2, 0.25) is 0 Å². The number of alkyl halides is 3. The van der Waals surface area contributed by atoms with Crippen LogP contribution in [0.1, 0.15) is 42.1 Å². The van der Waals surface area contributed by atoms with Gasteiger partial charge in [-0.2, -0.15) is 13.2 Å². The molecule has 0 radical (unpaired) electrons. The van der Waals surface area contributed by atoms with Gasteiger partial charge in [-0.05, 0) is 54.9 Å². The molecule has 8 heteroatoms. The van der Waals surface area contributed by atoms with Crippen LogP contribution < -0.4 is 4.74 Å². The Morgan fingerprint density at radius 1 is 1.10 bits per heavy atom. The standard InChI is InChI=1S/C21H19ClF3N3O/c22-15-5-3-13(4-6-15)16-10-14(16)11-29-17-7-8-28-18(9-12-1-2-12)26-27-20(28)19(17)21(23,24)25/h3-8,12,14,16H,1-2,9-11H2. The molecule has 29 heavy (non-hydrogen) atoms. The van der Waals surface area contributed by atoms with Crippen molar-refractivity contribution in [1.82, 2.24) is 14.6 Å². The smallest absolute Gasteiger partial charge is 0.423 e. The van der Waals surface area contributed by atoms with Crippen molar-refractivity contribution in [3.05, 3.63) is 58.5 Å². The highest BCUT2D eigenvalue weighted by Crippen LogP contribution is 2.48. The molecule has 2 unspecified atom stereocenters. The lowest BCUT2D eigenvalue weighted by atomic mass is 10.1. The lowest BCUT2D eigenvalue weighted by molar-refractivity contribution is -0.138. The molecule has 0 spiro atoms. The largest absolute Gasteiger partial charge is 0.492 e. The first-order chi connectivity index (χ1) is 13.9. The van der Waals surface area contributed by atoms with Gasteiger partial charge in [-0.3, -0.25) is 4.40 Å². The van der Waals surface area contributed by atoms with Crippen LogP contribution in [0.15, 0.2) is 36.5 Å². The van der Waals surface area contributed by atoms with Crippen LogP contribution >= 0.6 is 11.6 Å². The molecule has 0 saturated heterocycles. The van der Waals surface area contributed by atoms with Crippen molar-refractivity contribution in [1.29, 1.82) is 0 Å². The van der Waals surface area contributed by atoms with E-state index in [1.54, 1.807) is 6.20 Å². The lowest BCUT2D eigenvalue weighted by Crippen LogP contribution is -2.13. The van der Waals surface area contributed by atoms with Crippen LogP contribution in [0.4, 0.5) is 13.2 Å². The molecule has 2 saturated carbocycles. The maximum Gasteiger partial charge on any atom is 0.423 e. The number of halogens is 4. The second-order valence-corrected chi connectivity index (χ2v) is 8.41. The zero-order valence-corrected chi connectivity index (χ0v) is 16.2. The third-order valence-electron chi connectivity index (χ3n) is 5.74. The molecule has 5 rings (SSSR count). The molecule has 152 valence electrons. The van der Waals surface area contributed by atoms with Gasteiger partial charge in [0.05, 0.1) is 6.61 Å².